The van der Waals surface area contributed by atoms with Gasteiger partial charge in [-0.15, -0.1) is 5.69 Å². The Morgan fingerprint density at radius 3 is 1.30 bits per heavy atom. The molecule has 4 N–H and O–H groups in total. The van der Waals surface area contributed by atoms with E-state index in [1.165, 1.54) is 17.0 Å². The molecular formula is C22H46NO3Ti-. The maximum absolute atomic E-state index is 7.00. The van der Waals surface area contributed by atoms with E-state index >= 15 is 0 Å². The molecule has 1 rings (SSSR count). The van der Waals surface area contributed by atoms with E-state index in [2.05, 4.69) is 73.4 Å². The van der Waals surface area contributed by atoms with Crippen molar-refractivity contribution < 1.29 is 37.0 Å². The molecule has 0 radical (unpaired) electrons. The molecule has 1 aromatic heterocycles. The molecule has 0 spiro atoms. The van der Waals surface area contributed by atoms with Gasteiger partial charge in [0, 0.05) is 43.0 Å². The summed E-state index contributed by atoms with van der Waals surface area (Å²) in [6.07, 6.45) is 3.41. The third kappa shape index (κ3) is 9.76. The van der Waals surface area contributed by atoms with Crippen molar-refractivity contribution in [3.63, 3.8) is 0 Å². The fourth-order valence-corrected chi connectivity index (χ4v) is 2.29. The molecule has 0 aromatic carbocycles. The molecule has 27 heavy (non-hydrogen) atoms. The minimum atomic E-state index is 0. The number of aromatic amines is 1. The Kier molecular flexibility index (Phi) is 20.1. The van der Waals surface area contributed by atoms with Crippen LogP contribution in [0.4, 0.5) is 0 Å². The molecule has 0 amide bonds. The number of aromatic nitrogens is 1. The van der Waals surface area contributed by atoms with E-state index in [1.807, 2.05) is 0 Å². The smallest absolute Gasteiger partial charge is 0.0319 e. The van der Waals surface area contributed by atoms with E-state index < -0.39 is 0 Å². The zero-order valence-corrected chi connectivity index (χ0v) is 21.5. The maximum Gasteiger partial charge on any atom is 0.0319 e. The van der Waals surface area contributed by atoms with Crippen LogP contribution in [-0.4, -0.2) is 41.6 Å². The van der Waals surface area contributed by atoms with Crippen LogP contribution >= 0.6 is 0 Å². The molecule has 0 bridgehead atoms. The summed E-state index contributed by atoms with van der Waals surface area (Å²) < 4.78 is 0. The van der Waals surface area contributed by atoms with E-state index in [4.69, 9.17) is 15.3 Å². The number of aliphatic hydroxyl groups is 3. The first-order valence-corrected chi connectivity index (χ1v) is 9.52. The van der Waals surface area contributed by atoms with Crippen molar-refractivity contribution in [2.45, 2.75) is 97.8 Å². The van der Waals surface area contributed by atoms with Crippen molar-refractivity contribution in [1.82, 2.24) is 4.98 Å². The zero-order chi connectivity index (χ0) is 21.8. The van der Waals surface area contributed by atoms with Crippen LogP contribution in [0.3, 0.4) is 0 Å². The number of nitrogens with one attached hydrogen (secondary N) is 1. The molecule has 0 atom stereocenters. The second kappa shape index (κ2) is 15.8. The summed E-state index contributed by atoms with van der Waals surface area (Å²) in [5.74, 6) is 0. The summed E-state index contributed by atoms with van der Waals surface area (Å²) in [5, 5.41) is 21.0. The van der Waals surface area contributed by atoms with E-state index in [0.717, 1.165) is 40.6 Å². The van der Waals surface area contributed by atoms with Gasteiger partial charge >= 0.3 is 0 Å². The number of hydrogen-bond donors (Lipinski definition) is 4. The Bertz CT molecular complexity index is 433. The molecule has 1 aromatic rings. The van der Waals surface area contributed by atoms with E-state index in [9.17, 15) is 0 Å². The molecule has 0 aliphatic heterocycles. The molecule has 162 valence electrons. The Hall–Kier alpha value is -0.126. The summed E-state index contributed by atoms with van der Waals surface area (Å²) >= 11 is 0. The van der Waals surface area contributed by atoms with E-state index in [1.54, 1.807) is 0 Å². The molecule has 4 nitrogen and oxygen atoms in total. The standard InChI is InChI=1S/C19H34N.3CH4O.Ti/c1-10-17(4,5)14-13-15(18(6,7)11-2)20-16(14)19(8,9)12-3;3*1-2;/h20H,10-12H2,1-9H3;3*2H,1H3;/q-1;;;;. The summed E-state index contributed by atoms with van der Waals surface area (Å²) in [4.78, 5) is 3.75. The van der Waals surface area contributed by atoms with E-state index in [-0.39, 0.29) is 38.0 Å². The van der Waals surface area contributed by atoms with Gasteiger partial charge in [-0.25, -0.2) is 6.07 Å². The van der Waals surface area contributed by atoms with Crippen molar-refractivity contribution in [2.75, 3.05) is 21.3 Å². The Balaban J connectivity index is -0.000000342. The SMILES string of the molecule is CCC(C)(C)c1[c-]c(C(C)(C)CC)c(C(C)(C)CC)[nH]1.CO.CO.CO.[Ti]. The molecule has 0 saturated heterocycles. The van der Waals surface area contributed by atoms with Crippen molar-refractivity contribution in [3.8, 4) is 0 Å². The first-order valence-electron chi connectivity index (χ1n) is 9.52. The van der Waals surface area contributed by atoms with Crippen LogP contribution in [0, 0.1) is 6.07 Å². The minimum absolute atomic E-state index is 0. The molecule has 5 heteroatoms. The average molecular weight is 420 g/mol. The third-order valence-electron chi connectivity index (χ3n) is 5.43. The number of H-pyrrole nitrogens is 1. The second-order valence-electron chi connectivity index (χ2n) is 8.09. The molecule has 0 fully saturated rings. The Morgan fingerprint density at radius 1 is 0.667 bits per heavy atom. The molecule has 0 aliphatic rings. The summed E-state index contributed by atoms with van der Waals surface area (Å²) in [6.45, 7) is 20.8. The normalized spacial score (nSPS) is 10.9. The summed E-state index contributed by atoms with van der Waals surface area (Å²) in [5.41, 5.74) is 4.58. The second-order valence-corrected chi connectivity index (χ2v) is 8.09. The van der Waals surface area contributed by atoms with Crippen LogP contribution in [0.25, 0.3) is 0 Å². The van der Waals surface area contributed by atoms with Gasteiger partial charge in [-0.2, -0.15) is 5.56 Å². The van der Waals surface area contributed by atoms with Crippen LogP contribution < -0.4 is 0 Å². The van der Waals surface area contributed by atoms with Gasteiger partial charge in [-0.1, -0.05) is 79.8 Å². The number of rotatable bonds is 6. The maximum atomic E-state index is 7.00. The topological polar surface area (TPSA) is 76.5 Å². The van der Waals surface area contributed by atoms with Crippen molar-refractivity contribution in [1.29, 1.82) is 0 Å². The largest absolute Gasteiger partial charge is 0.454 e. The molecule has 0 unspecified atom stereocenters. The zero-order valence-electron chi connectivity index (χ0n) is 20.0. The molecular weight excluding hydrogens is 374 g/mol. The van der Waals surface area contributed by atoms with Crippen LogP contribution in [-0.2, 0) is 38.0 Å². The molecule has 0 aliphatic carbocycles. The summed E-state index contributed by atoms with van der Waals surface area (Å²) in [6, 6.07) is 3.75. The minimum Gasteiger partial charge on any atom is -0.454 e. The predicted molar refractivity (Wildman–Crippen MR) is 114 cm³/mol. The Morgan fingerprint density at radius 2 is 1.00 bits per heavy atom. The monoisotopic (exact) mass is 420 g/mol. The van der Waals surface area contributed by atoms with E-state index in [0.29, 0.717) is 0 Å². The van der Waals surface area contributed by atoms with Crippen LogP contribution in [0.15, 0.2) is 0 Å². The van der Waals surface area contributed by atoms with Gasteiger partial charge in [-0.05, 0) is 23.7 Å². The van der Waals surface area contributed by atoms with Gasteiger partial charge in [0.15, 0.2) is 0 Å². The number of aliphatic hydroxyl groups excluding tert-OH is 3. The Labute approximate surface area is 184 Å². The molecule has 1 heterocycles. The third-order valence-corrected chi connectivity index (χ3v) is 5.43. The van der Waals surface area contributed by atoms with Crippen LogP contribution in [0.5, 0.6) is 0 Å². The van der Waals surface area contributed by atoms with Gasteiger partial charge in [0.05, 0.1) is 0 Å². The first-order chi connectivity index (χ1) is 12.0. The van der Waals surface area contributed by atoms with Gasteiger partial charge in [-0.3, -0.25) is 0 Å². The van der Waals surface area contributed by atoms with Gasteiger partial charge in [0.2, 0.25) is 0 Å². The van der Waals surface area contributed by atoms with Gasteiger partial charge in [0.25, 0.3) is 0 Å². The van der Waals surface area contributed by atoms with Crippen LogP contribution in [0.2, 0.25) is 0 Å². The predicted octanol–water partition coefficient (Wildman–Crippen LogP) is 4.70. The number of hydrogen-bond acceptors (Lipinski definition) is 3. The fraction of sp³-hybridized carbons (Fsp3) is 0.818. The quantitative estimate of drug-likeness (QED) is 0.398. The van der Waals surface area contributed by atoms with Crippen molar-refractivity contribution in [3.05, 3.63) is 23.0 Å². The first kappa shape index (κ1) is 34.4. The van der Waals surface area contributed by atoms with Crippen molar-refractivity contribution >= 4 is 0 Å². The van der Waals surface area contributed by atoms with Gasteiger partial charge < -0.3 is 20.3 Å². The fourth-order valence-electron chi connectivity index (χ4n) is 2.29. The van der Waals surface area contributed by atoms with Gasteiger partial charge in [0.1, 0.15) is 0 Å². The van der Waals surface area contributed by atoms with Crippen LogP contribution in [0.1, 0.15) is 98.5 Å². The average Bonchev–Trinajstić information content (AvgIpc) is 3.15. The summed E-state index contributed by atoms with van der Waals surface area (Å²) in [7, 11) is 3.00. The van der Waals surface area contributed by atoms with Crippen molar-refractivity contribution in [2.24, 2.45) is 0 Å². The molecule has 0 saturated carbocycles.